The normalized spacial score (nSPS) is 13.9. The number of nitrogens with zero attached hydrogens (tertiary/aromatic N) is 3. The molecule has 0 radical (unpaired) electrons. The summed E-state index contributed by atoms with van der Waals surface area (Å²) < 4.78 is 39.1. The van der Waals surface area contributed by atoms with Gasteiger partial charge in [-0.2, -0.15) is 0 Å². The van der Waals surface area contributed by atoms with Crippen molar-refractivity contribution < 1.29 is 23.0 Å². The molecular formula is C26H23F2N5O3. The summed E-state index contributed by atoms with van der Waals surface area (Å²) in [5.41, 5.74) is 2.68. The Balaban J connectivity index is 1.25. The molecule has 0 aliphatic carbocycles. The summed E-state index contributed by atoms with van der Waals surface area (Å²) in [6, 6.07) is 14.1. The van der Waals surface area contributed by atoms with E-state index < -0.39 is 17.7 Å². The number of urea groups is 1. The van der Waals surface area contributed by atoms with Crippen LogP contribution in [0.4, 0.5) is 25.0 Å². The van der Waals surface area contributed by atoms with Crippen LogP contribution in [0.1, 0.15) is 5.69 Å². The van der Waals surface area contributed by atoms with Gasteiger partial charge in [0.25, 0.3) is 0 Å². The molecule has 1 aliphatic heterocycles. The van der Waals surface area contributed by atoms with E-state index in [1.807, 2.05) is 0 Å². The fraction of sp³-hybridized carbons (Fsp3) is 0.192. The molecule has 2 N–H and O–H groups in total. The van der Waals surface area contributed by atoms with E-state index in [2.05, 4.69) is 25.5 Å². The molecule has 10 heteroatoms. The van der Waals surface area contributed by atoms with Gasteiger partial charge >= 0.3 is 6.03 Å². The number of fused-ring (bicyclic) bond motifs is 1. The Morgan fingerprint density at radius 1 is 0.972 bits per heavy atom. The van der Waals surface area contributed by atoms with Gasteiger partial charge in [-0.1, -0.05) is 6.07 Å². The highest BCUT2D eigenvalue weighted by Gasteiger charge is 2.13. The Bertz CT molecular complexity index is 1400. The molecule has 184 valence electrons. The van der Waals surface area contributed by atoms with Crippen molar-refractivity contribution in [3.05, 3.63) is 84.2 Å². The third kappa shape index (κ3) is 5.91. The Morgan fingerprint density at radius 2 is 1.78 bits per heavy atom. The molecule has 2 heterocycles. The lowest BCUT2D eigenvalue weighted by Crippen LogP contribution is -2.35. The van der Waals surface area contributed by atoms with Crippen LogP contribution in [-0.2, 0) is 11.3 Å². The number of benzene rings is 3. The Kier molecular flexibility index (Phi) is 6.96. The van der Waals surface area contributed by atoms with E-state index in [0.29, 0.717) is 36.5 Å². The van der Waals surface area contributed by atoms with Crippen molar-refractivity contribution >= 4 is 28.4 Å². The van der Waals surface area contributed by atoms with Gasteiger partial charge in [0.15, 0.2) is 11.6 Å². The van der Waals surface area contributed by atoms with Crippen LogP contribution in [0.15, 0.2) is 66.9 Å². The molecule has 0 unspecified atom stereocenters. The molecule has 1 saturated heterocycles. The van der Waals surface area contributed by atoms with Crippen LogP contribution in [0.2, 0.25) is 0 Å². The number of ether oxygens (including phenoxy) is 2. The average Bonchev–Trinajstić information content (AvgIpc) is 2.86. The number of carbonyl (C=O) groups is 1. The Hall–Kier alpha value is -4.15. The third-order valence-corrected chi connectivity index (χ3v) is 5.55. The molecule has 36 heavy (non-hydrogen) atoms. The lowest BCUT2D eigenvalue weighted by atomic mass is 10.2. The fourth-order valence-corrected chi connectivity index (χ4v) is 3.81. The zero-order valence-corrected chi connectivity index (χ0v) is 19.2. The summed E-state index contributed by atoms with van der Waals surface area (Å²) in [4.78, 5) is 23.5. The number of rotatable bonds is 6. The van der Waals surface area contributed by atoms with Crippen LogP contribution in [0.3, 0.4) is 0 Å². The van der Waals surface area contributed by atoms with Gasteiger partial charge in [0, 0.05) is 43.1 Å². The highest BCUT2D eigenvalue weighted by atomic mass is 19.1. The topological polar surface area (TPSA) is 88.6 Å². The van der Waals surface area contributed by atoms with Crippen molar-refractivity contribution in [2.24, 2.45) is 0 Å². The summed E-state index contributed by atoms with van der Waals surface area (Å²) >= 11 is 0. The van der Waals surface area contributed by atoms with Crippen LogP contribution in [0.5, 0.6) is 11.5 Å². The average molecular weight is 491 g/mol. The van der Waals surface area contributed by atoms with Crippen molar-refractivity contribution in [1.82, 2.24) is 14.9 Å². The second kappa shape index (κ2) is 10.6. The highest BCUT2D eigenvalue weighted by Crippen LogP contribution is 2.28. The van der Waals surface area contributed by atoms with Crippen LogP contribution in [0.25, 0.3) is 11.0 Å². The molecule has 0 bridgehead atoms. The van der Waals surface area contributed by atoms with E-state index >= 15 is 0 Å². The zero-order chi connectivity index (χ0) is 24.9. The van der Waals surface area contributed by atoms with E-state index in [9.17, 15) is 13.6 Å². The molecule has 1 aromatic heterocycles. The van der Waals surface area contributed by atoms with Crippen molar-refractivity contribution in [3.8, 4) is 11.5 Å². The number of aromatic nitrogens is 2. The number of amides is 2. The first-order valence-electron chi connectivity index (χ1n) is 11.4. The smallest absolute Gasteiger partial charge is 0.323 e. The minimum atomic E-state index is -0.661. The number of anilines is 2. The lowest BCUT2D eigenvalue weighted by molar-refractivity contribution is 0.0336. The maximum absolute atomic E-state index is 14.7. The number of nitrogens with one attached hydrogen (secondary N) is 2. The predicted octanol–water partition coefficient (Wildman–Crippen LogP) is 5.18. The van der Waals surface area contributed by atoms with E-state index in [-0.39, 0.29) is 17.1 Å². The maximum Gasteiger partial charge on any atom is 0.323 e. The van der Waals surface area contributed by atoms with Crippen LogP contribution in [-0.4, -0.2) is 47.2 Å². The molecule has 8 nitrogen and oxygen atoms in total. The molecule has 3 aromatic carbocycles. The van der Waals surface area contributed by atoms with Gasteiger partial charge in [-0.05, 0) is 42.5 Å². The van der Waals surface area contributed by atoms with Gasteiger partial charge in [0.2, 0.25) is 0 Å². The third-order valence-electron chi connectivity index (χ3n) is 5.55. The van der Waals surface area contributed by atoms with Crippen LogP contribution in [0, 0.1) is 11.6 Å². The number of halogens is 2. The first-order chi connectivity index (χ1) is 17.5. The zero-order valence-electron chi connectivity index (χ0n) is 19.2. The lowest BCUT2D eigenvalue weighted by Gasteiger charge is -2.26. The monoisotopic (exact) mass is 491 g/mol. The van der Waals surface area contributed by atoms with Crippen LogP contribution < -0.4 is 15.4 Å². The highest BCUT2D eigenvalue weighted by molar-refractivity contribution is 5.99. The molecule has 1 fully saturated rings. The summed E-state index contributed by atoms with van der Waals surface area (Å²) in [6.45, 7) is 3.78. The van der Waals surface area contributed by atoms with E-state index in [1.165, 1.54) is 30.3 Å². The molecule has 2 amide bonds. The second-order valence-corrected chi connectivity index (χ2v) is 8.24. The number of morpholine rings is 1. The summed E-state index contributed by atoms with van der Waals surface area (Å²) in [6.07, 6.45) is 1.76. The van der Waals surface area contributed by atoms with Gasteiger partial charge in [-0.15, -0.1) is 0 Å². The molecule has 1 aliphatic rings. The Labute approximate surface area is 205 Å². The quantitative estimate of drug-likeness (QED) is 0.387. The maximum atomic E-state index is 14.7. The van der Waals surface area contributed by atoms with Crippen molar-refractivity contribution in [2.45, 2.75) is 6.54 Å². The standard InChI is InChI=1S/C26H23F2N5O3/c27-17-2-1-3-18(12-17)31-26(34)32-19-4-7-25(22(28)13-19)36-21-5-6-23-24(14-21)30-20(15-29-23)16-33-8-10-35-11-9-33/h1-7,12-15H,8-11,16H2,(H2,31,32,34). The van der Waals surface area contributed by atoms with Gasteiger partial charge in [0.1, 0.15) is 11.6 Å². The van der Waals surface area contributed by atoms with Gasteiger partial charge in [0.05, 0.1) is 36.1 Å². The van der Waals surface area contributed by atoms with Gasteiger partial charge in [-0.3, -0.25) is 9.88 Å². The van der Waals surface area contributed by atoms with E-state index in [0.717, 1.165) is 24.8 Å². The molecule has 0 atom stereocenters. The molecular weight excluding hydrogens is 468 g/mol. The summed E-state index contributed by atoms with van der Waals surface area (Å²) in [5, 5.41) is 4.99. The van der Waals surface area contributed by atoms with Gasteiger partial charge < -0.3 is 20.1 Å². The first kappa shape index (κ1) is 23.6. The second-order valence-electron chi connectivity index (χ2n) is 8.24. The first-order valence-corrected chi connectivity index (χ1v) is 11.4. The van der Waals surface area contributed by atoms with Crippen molar-refractivity contribution in [2.75, 3.05) is 36.9 Å². The summed E-state index contributed by atoms with van der Waals surface area (Å²) in [5.74, 6) is -0.745. The molecule has 5 rings (SSSR count). The number of hydrogen-bond acceptors (Lipinski definition) is 6. The van der Waals surface area contributed by atoms with Crippen molar-refractivity contribution in [1.29, 1.82) is 0 Å². The van der Waals surface area contributed by atoms with Crippen LogP contribution >= 0.6 is 0 Å². The number of hydrogen-bond donors (Lipinski definition) is 2. The Morgan fingerprint density at radius 3 is 2.56 bits per heavy atom. The number of carbonyl (C=O) groups excluding carboxylic acids is 1. The minimum absolute atomic E-state index is 0.0112. The van der Waals surface area contributed by atoms with E-state index in [1.54, 1.807) is 30.5 Å². The van der Waals surface area contributed by atoms with Crippen molar-refractivity contribution in [3.63, 3.8) is 0 Å². The minimum Gasteiger partial charge on any atom is -0.454 e. The van der Waals surface area contributed by atoms with Gasteiger partial charge in [-0.25, -0.2) is 18.6 Å². The predicted molar refractivity (Wildman–Crippen MR) is 131 cm³/mol. The largest absolute Gasteiger partial charge is 0.454 e. The molecule has 0 saturated carbocycles. The van der Waals surface area contributed by atoms with E-state index in [4.69, 9.17) is 9.47 Å². The molecule has 0 spiro atoms. The fourth-order valence-electron chi connectivity index (χ4n) is 3.81. The molecule has 4 aromatic rings. The summed E-state index contributed by atoms with van der Waals surface area (Å²) in [7, 11) is 0. The SMILES string of the molecule is O=C(Nc1cccc(F)c1)Nc1ccc(Oc2ccc3ncc(CN4CCOCC4)nc3c2)c(F)c1.